The van der Waals surface area contributed by atoms with Gasteiger partial charge in [0.05, 0.1) is 45.6 Å². The molecule has 0 aliphatic carbocycles. The summed E-state index contributed by atoms with van der Waals surface area (Å²) in [6.45, 7) is 8.21. The summed E-state index contributed by atoms with van der Waals surface area (Å²) in [5, 5.41) is 3.04. The van der Waals surface area contributed by atoms with E-state index in [0.29, 0.717) is 12.4 Å². The summed E-state index contributed by atoms with van der Waals surface area (Å²) in [7, 11) is 1.68. The highest BCUT2D eigenvalue weighted by Gasteiger charge is 2.29. The standard InChI is InChI=1S/C22H29N3O3/c1-4-28-21-8-6-5-7-20(21)23-22(26)17(2)24-13-15-25(16-14-24)18-9-11-19(27-3)12-10-18/h5-12,17H,4,13-16H2,1-3H3,(H,23,26)/p+1/t17-/m1/s1. The quantitative estimate of drug-likeness (QED) is 0.765. The summed E-state index contributed by atoms with van der Waals surface area (Å²) < 4.78 is 10.8. The van der Waals surface area contributed by atoms with Crippen LogP contribution in [0.3, 0.4) is 0 Å². The van der Waals surface area contributed by atoms with Crippen LogP contribution in [-0.4, -0.2) is 51.8 Å². The molecule has 2 N–H and O–H groups in total. The fourth-order valence-corrected chi connectivity index (χ4v) is 3.56. The van der Waals surface area contributed by atoms with E-state index in [1.807, 2.05) is 50.2 Å². The van der Waals surface area contributed by atoms with Crippen LogP contribution >= 0.6 is 0 Å². The largest absolute Gasteiger partial charge is 0.497 e. The predicted octanol–water partition coefficient (Wildman–Crippen LogP) is 1.83. The second-order valence-electron chi connectivity index (χ2n) is 6.98. The normalized spacial score (nSPS) is 15.8. The molecular formula is C22H30N3O3+. The van der Waals surface area contributed by atoms with Crippen molar-refractivity contribution < 1.29 is 19.2 Å². The first kappa shape index (κ1) is 20.0. The maximum Gasteiger partial charge on any atom is 0.282 e. The number of carbonyl (C=O) groups is 1. The molecule has 0 radical (unpaired) electrons. The van der Waals surface area contributed by atoms with Crippen LogP contribution in [0.2, 0.25) is 0 Å². The molecule has 0 saturated carbocycles. The summed E-state index contributed by atoms with van der Waals surface area (Å²) in [6.07, 6.45) is 0. The van der Waals surface area contributed by atoms with Gasteiger partial charge in [0.1, 0.15) is 11.5 Å². The number of nitrogens with zero attached hydrogens (tertiary/aromatic N) is 1. The molecule has 0 unspecified atom stereocenters. The topological polar surface area (TPSA) is 55.2 Å². The average Bonchev–Trinajstić information content (AvgIpc) is 2.75. The van der Waals surface area contributed by atoms with E-state index in [2.05, 4.69) is 22.3 Å². The minimum Gasteiger partial charge on any atom is -0.497 e. The average molecular weight is 385 g/mol. The Bertz CT molecular complexity index is 771. The number of piperazine rings is 1. The molecule has 1 aliphatic heterocycles. The Morgan fingerprint density at radius 2 is 1.82 bits per heavy atom. The monoisotopic (exact) mass is 384 g/mol. The third kappa shape index (κ3) is 4.75. The Hall–Kier alpha value is -2.73. The van der Waals surface area contributed by atoms with Crippen LogP contribution in [0.15, 0.2) is 48.5 Å². The summed E-state index contributed by atoms with van der Waals surface area (Å²) in [5.74, 6) is 1.61. The number of ether oxygens (including phenoxy) is 2. The summed E-state index contributed by atoms with van der Waals surface area (Å²) >= 11 is 0. The van der Waals surface area contributed by atoms with Gasteiger partial charge in [0.25, 0.3) is 5.91 Å². The van der Waals surface area contributed by atoms with Crippen LogP contribution in [0.4, 0.5) is 11.4 Å². The number of nitrogens with one attached hydrogen (secondary N) is 2. The number of rotatable bonds is 7. The van der Waals surface area contributed by atoms with Gasteiger partial charge in [-0.2, -0.15) is 0 Å². The van der Waals surface area contributed by atoms with Crippen LogP contribution in [0.1, 0.15) is 13.8 Å². The number of quaternary nitrogens is 1. The zero-order valence-electron chi connectivity index (χ0n) is 16.9. The first-order valence-corrected chi connectivity index (χ1v) is 9.88. The van der Waals surface area contributed by atoms with E-state index in [0.717, 1.165) is 37.6 Å². The Morgan fingerprint density at radius 3 is 2.46 bits per heavy atom. The number of benzene rings is 2. The molecule has 6 heteroatoms. The Kier molecular flexibility index (Phi) is 6.76. The van der Waals surface area contributed by atoms with Gasteiger partial charge in [-0.1, -0.05) is 12.1 Å². The molecular weight excluding hydrogens is 354 g/mol. The first-order chi connectivity index (χ1) is 13.6. The van der Waals surface area contributed by atoms with E-state index in [1.165, 1.54) is 10.6 Å². The lowest BCUT2D eigenvalue weighted by Gasteiger charge is -2.36. The van der Waals surface area contributed by atoms with E-state index >= 15 is 0 Å². The molecule has 2 aromatic rings. The second-order valence-corrected chi connectivity index (χ2v) is 6.98. The van der Waals surface area contributed by atoms with Crippen LogP contribution in [-0.2, 0) is 4.79 Å². The van der Waals surface area contributed by atoms with E-state index in [9.17, 15) is 4.79 Å². The Labute approximate surface area is 167 Å². The van der Waals surface area contributed by atoms with Gasteiger partial charge in [0.2, 0.25) is 0 Å². The fourth-order valence-electron chi connectivity index (χ4n) is 3.56. The van der Waals surface area contributed by atoms with E-state index < -0.39 is 0 Å². The van der Waals surface area contributed by atoms with Gasteiger partial charge < -0.3 is 24.6 Å². The van der Waals surface area contributed by atoms with E-state index in [4.69, 9.17) is 9.47 Å². The highest BCUT2D eigenvalue weighted by atomic mass is 16.5. The number of para-hydroxylation sites is 2. The summed E-state index contributed by atoms with van der Waals surface area (Å²) in [4.78, 5) is 16.4. The molecule has 2 aromatic carbocycles. The maximum atomic E-state index is 12.8. The second kappa shape index (κ2) is 9.46. The molecule has 150 valence electrons. The molecule has 0 spiro atoms. The van der Waals surface area contributed by atoms with Crippen molar-refractivity contribution in [3.8, 4) is 11.5 Å². The third-order valence-corrected chi connectivity index (χ3v) is 5.29. The molecule has 28 heavy (non-hydrogen) atoms. The van der Waals surface area contributed by atoms with Crippen LogP contribution in [0.5, 0.6) is 11.5 Å². The van der Waals surface area contributed by atoms with Gasteiger partial charge in [0.15, 0.2) is 6.04 Å². The van der Waals surface area contributed by atoms with E-state index in [-0.39, 0.29) is 11.9 Å². The van der Waals surface area contributed by atoms with Crippen molar-refractivity contribution in [1.82, 2.24) is 0 Å². The van der Waals surface area contributed by atoms with Gasteiger partial charge in [-0.15, -0.1) is 0 Å². The number of methoxy groups -OCH3 is 1. The summed E-state index contributed by atoms with van der Waals surface area (Å²) in [5.41, 5.74) is 1.93. The number of carbonyl (C=O) groups excluding carboxylic acids is 1. The molecule has 1 amide bonds. The van der Waals surface area contributed by atoms with Crippen molar-refractivity contribution in [2.45, 2.75) is 19.9 Å². The lowest BCUT2D eigenvalue weighted by Crippen LogP contribution is -3.19. The van der Waals surface area contributed by atoms with E-state index in [1.54, 1.807) is 7.11 Å². The smallest absolute Gasteiger partial charge is 0.282 e. The van der Waals surface area contributed by atoms with Gasteiger partial charge >= 0.3 is 0 Å². The Balaban J connectivity index is 1.55. The molecule has 0 bridgehead atoms. The summed E-state index contributed by atoms with van der Waals surface area (Å²) in [6, 6.07) is 15.6. The van der Waals surface area contributed by atoms with Crippen LogP contribution < -0.4 is 24.6 Å². The highest BCUT2D eigenvalue weighted by Crippen LogP contribution is 2.23. The molecule has 1 saturated heterocycles. The highest BCUT2D eigenvalue weighted by molar-refractivity contribution is 5.94. The van der Waals surface area contributed by atoms with Crippen molar-refractivity contribution in [2.75, 3.05) is 50.1 Å². The SMILES string of the molecule is CCOc1ccccc1NC(=O)[C@@H](C)[NH+]1CCN(c2ccc(OC)cc2)CC1. The minimum atomic E-state index is -0.118. The molecule has 1 aliphatic rings. The molecule has 1 atom stereocenters. The van der Waals surface area contributed by atoms with Gasteiger partial charge in [0, 0.05) is 5.69 Å². The van der Waals surface area contributed by atoms with Crippen molar-refractivity contribution >= 4 is 17.3 Å². The Morgan fingerprint density at radius 1 is 1.14 bits per heavy atom. The number of anilines is 2. The number of hydrogen-bond donors (Lipinski definition) is 2. The van der Waals surface area contributed by atoms with Crippen molar-refractivity contribution in [3.63, 3.8) is 0 Å². The van der Waals surface area contributed by atoms with Crippen LogP contribution in [0.25, 0.3) is 0 Å². The van der Waals surface area contributed by atoms with Crippen molar-refractivity contribution in [1.29, 1.82) is 0 Å². The van der Waals surface area contributed by atoms with Gasteiger partial charge in [-0.05, 0) is 50.2 Å². The predicted molar refractivity (Wildman–Crippen MR) is 112 cm³/mol. The molecule has 3 rings (SSSR count). The third-order valence-electron chi connectivity index (χ3n) is 5.29. The minimum absolute atomic E-state index is 0.0278. The molecule has 0 aromatic heterocycles. The lowest BCUT2D eigenvalue weighted by molar-refractivity contribution is -0.914. The van der Waals surface area contributed by atoms with Crippen molar-refractivity contribution in [3.05, 3.63) is 48.5 Å². The zero-order valence-corrected chi connectivity index (χ0v) is 16.9. The first-order valence-electron chi connectivity index (χ1n) is 9.88. The van der Waals surface area contributed by atoms with Crippen LogP contribution in [0, 0.1) is 0 Å². The fraction of sp³-hybridized carbons (Fsp3) is 0.409. The number of amides is 1. The maximum absolute atomic E-state index is 12.8. The van der Waals surface area contributed by atoms with Crippen molar-refractivity contribution in [2.24, 2.45) is 0 Å². The zero-order chi connectivity index (χ0) is 19.9. The molecule has 6 nitrogen and oxygen atoms in total. The number of hydrogen-bond acceptors (Lipinski definition) is 4. The molecule has 1 heterocycles. The lowest BCUT2D eigenvalue weighted by atomic mass is 10.2. The van der Waals surface area contributed by atoms with Gasteiger partial charge in [-0.25, -0.2) is 0 Å². The molecule has 1 fully saturated rings. The van der Waals surface area contributed by atoms with Gasteiger partial charge in [-0.3, -0.25) is 4.79 Å².